The Morgan fingerprint density at radius 2 is 1.91 bits per heavy atom. The van der Waals surface area contributed by atoms with Crippen LogP contribution < -0.4 is 10.4 Å². The first-order valence-electron chi connectivity index (χ1n) is 6.44. The Kier molecular flexibility index (Phi) is 6.61. The number of hydrogen-bond donors (Lipinski definition) is 3. The third-order valence-electron chi connectivity index (χ3n) is 2.99. The van der Waals surface area contributed by atoms with E-state index in [1.54, 1.807) is 6.07 Å². The van der Waals surface area contributed by atoms with Gasteiger partial charge in [0, 0.05) is 23.8 Å². The highest BCUT2D eigenvalue weighted by Gasteiger charge is 2.12. The lowest BCUT2D eigenvalue weighted by atomic mass is 10.1. The Hall–Kier alpha value is -1.17. The van der Waals surface area contributed by atoms with Gasteiger partial charge in [0.2, 0.25) is 5.91 Å². The van der Waals surface area contributed by atoms with E-state index in [2.05, 4.69) is 32.4 Å². The Morgan fingerprint density at radius 3 is 2.55 bits per heavy atom. The lowest BCUT2D eigenvalue weighted by molar-refractivity contribution is -0.115. The minimum absolute atomic E-state index is 0.138. The normalized spacial score (nSPS) is 10.6. The predicted molar refractivity (Wildman–Crippen MR) is 104 cm³/mol. The van der Waals surface area contributed by atoms with E-state index in [1.807, 2.05) is 36.4 Å². The second-order valence-corrected chi connectivity index (χ2v) is 6.90. The van der Waals surface area contributed by atoms with Crippen LogP contribution in [0, 0.1) is 5.41 Å². The van der Waals surface area contributed by atoms with Crippen molar-refractivity contribution in [1.82, 2.24) is 0 Å². The molecule has 0 saturated heterocycles. The van der Waals surface area contributed by atoms with E-state index < -0.39 is 0 Å². The van der Waals surface area contributed by atoms with Gasteiger partial charge in [-0.05, 0) is 39.7 Å². The van der Waals surface area contributed by atoms with Gasteiger partial charge in [0.25, 0.3) is 0 Å². The zero-order valence-corrected chi connectivity index (χ0v) is 15.4. The third-order valence-corrected chi connectivity index (χ3v) is 4.57. The minimum Gasteiger partial charge on any atom is -0.358 e. The summed E-state index contributed by atoms with van der Waals surface area (Å²) in [5.41, 5.74) is 2.81. The number of amides is 1. The summed E-state index contributed by atoms with van der Waals surface area (Å²) in [6.07, 6.45) is 1.95. The van der Waals surface area contributed by atoms with Crippen LogP contribution in [0.1, 0.15) is 11.1 Å². The quantitative estimate of drug-likeness (QED) is 0.337. The minimum atomic E-state index is -0.138. The number of nitrogens with one attached hydrogen (secondary N) is 3. The van der Waals surface area contributed by atoms with Crippen LogP contribution in [-0.4, -0.2) is 12.1 Å². The number of anilines is 2. The molecule has 7 heteroatoms. The van der Waals surface area contributed by atoms with Crippen molar-refractivity contribution in [2.75, 3.05) is 10.4 Å². The maximum absolute atomic E-state index is 12.1. The Morgan fingerprint density at radius 1 is 1.23 bits per heavy atom. The van der Waals surface area contributed by atoms with Crippen molar-refractivity contribution >= 4 is 63.5 Å². The third kappa shape index (κ3) is 4.41. The van der Waals surface area contributed by atoms with Crippen molar-refractivity contribution in [2.24, 2.45) is 0 Å². The number of halogens is 2. The van der Waals surface area contributed by atoms with Crippen LogP contribution >= 0.6 is 40.0 Å². The molecule has 0 spiro atoms. The summed E-state index contributed by atoms with van der Waals surface area (Å²) in [6.45, 7) is 0. The van der Waals surface area contributed by atoms with Crippen molar-refractivity contribution < 1.29 is 4.79 Å². The molecule has 0 aliphatic rings. The Labute approximate surface area is 148 Å². The van der Waals surface area contributed by atoms with E-state index in [-0.39, 0.29) is 12.3 Å². The average molecular weight is 446 g/mol. The van der Waals surface area contributed by atoms with Crippen LogP contribution in [0.3, 0.4) is 0 Å². The monoisotopic (exact) mass is 445 g/mol. The highest BCUT2D eigenvalue weighted by atomic mass is 127. The van der Waals surface area contributed by atoms with Crippen molar-refractivity contribution in [1.29, 1.82) is 5.41 Å². The van der Waals surface area contributed by atoms with Crippen molar-refractivity contribution in [3.63, 3.8) is 0 Å². The largest absolute Gasteiger partial charge is 0.358 e. The average Bonchev–Trinajstić information content (AvgIpc) is 2.51. The van der Waals surface area contributed by atoms with Gasteiger partial charge in [0.05, 0.1) is 17.1 Å². The molecule has 2 aromatic carbocycles. The van der Waals surface area contributed by atoms with Crippen LogP contribution in [0.4, 0.5) is 11.4 Å². The molecule has 1 amide bonds. The lowest BCUT2D eigenvalue weighted by Crippen LogP contribution is -2.15. The molecule has 0 fully saturated rings. The molecule has 0 radical (unpaired) electrons. The van der Waals surface area contributed by atoms with Crippen molar-refractivity contribution in [2.45, 2.75) is 6.42 Å². The summed E-state index contributed by atoms with van der Waals surface area (Å²) in [4.78, 5) is 12.1. The first-order chi connectivity index (χ1) is 10.7. The molecule has 4 nitrogen and oxygen atoms in total. The maximum Gasteiger partial charge on any atom is 0.228 e. The molecule has 3 N–H and O–H groups in total. The van der Waals surface area contributed by atoms with Gasteiger partial charge in [-0.2, -0.15) is 0 Å². The molecule has 0 aliphatic carbocycles. The van der Waals surface area contributed by atoms with Gasteiger partial charge >= 0.3 is 0 Å². The van der Waals surface area contributed by atoms with Crippen molar-refractivity contribution in [3.8, 4) is 0 Å². The molecular formula is C15H14ClIN3OP. The fourth-order valence-electron chi connectivity index (χ4n) is 1.97. The van der Waals surface area contributed by atoms with Gasteiger partial charge in [-0.1, -0.05) is 41.9 Å². The number of carbonyl (C=O) groups is 1. The van der Waals surface area contributed by atoms with E-state index in [0.717, 1.165) is 11.3 Å². The molecule has 0 aliphatic heterocycles. The van der Waals surface area contributed by atoms with Gasteiger partial charge in [0.15, 0.2) is 0 Å². The summed E-state index contributed by atoms with van der Waals surface area (Å²) in [7, 11) is 0. The molecule has 1 atom stereocenters. The van der Waals surface area contributed by atoms with E-state index in [9.17, 15) is 4.79 Å². The molecular weight excluding hydrogens is 432 g/mol. The van der Waals surface area contributed by atoms with Crippen LogP contribution in [-0.2, 0) is 11.2 Å². The smallest absolute Gasteiger partial charge is 0.228 e. The van der Waals surface area contributed by atoms with Crippen LogP contribution in [0.2, 0.25) is 5.02 Å². The molecule has 2 rings (SSSR count). The summed E-state index contributed by atoms with van der Waals surface area (Å²) in [6, 6.07) is 13.1. The van der Waals surface area contributed by atoms with Gasteiger partial charge < -0.3 is 15.8 Å². The predicted octanol–water partition coefficient (Wildman–Crippen LogP) is 4.87. The van der Waals surface area contributed by atoms with Crippen LogP contribution in [0.15, 0.2) is 42.5 Å². The fraction of sp³-hybridized carbons (Fsp3) is 0.0667. The number of benzene rings is 2. The standard InChI is InChI=1S/C15H14ClIN3OP/c16-15-11(9-18)12(20-22-17)6-7-13(15)19-14(21)8-10-4-2-1-3-5-10/h1-7,9,18,20,22H,8H2,(H,19,21). The van der Waals surface area contributed by atoms with Gasteiger partial charge in [-0.25, -0.2) is 0 Å². The highest BCUT2D eigenvalue weighted by molar-refractivity contribution is 14.2. The van der Waals surface area contributed by atoms with Crippen molar-refractivity contribution in [3.05, 3.63) is 58.6 Å². The molecule has 114 valence electrons. The summed E-state index contributed by atoms with van der Waals surface area (Å²) < 4.78 is 0. The second-order valence-electron chi connectivity index (χ2n) is 4.46. The van der Waals surface area contributed by atoms with Gasteiger partial charge in [-0.3, -0.25) is 4.79 Å². The van der Waals surface area contributed by atoms with Crippen LogP contribution in [0.5, 0.6) is 0 Å². The van der Waals surface area contributed by atoms with E-state index in [1.165, 1.54) is 6.21 Å². The summed E-state index contributed by atoms with van der Waals surface area (Å²) in [5, 5.41) is 13.8. The molecule has 0 saturated carbocycles. The number of hydrogen-bond acceptors (Lipinski definition) is 3. The Bertz CT molecular complexity index is 682. The fourth-order valence-corrected chi connectivity index (χ4v) is 3.42. The summed E-state index contributed by atoms with van der Waals surface area (Å²) in [5.74, 6) is -0.138. The highest BCUT2D eigenvalue weighted by Crippen LogP contribution is 2.34. The molecule has 0 bridgehead atoms. The Balaban J connectivity index is 2.16. The topological polar surface area (TPSA) is 65.0 Å². The SMILES string of the molecule is N=Cc1c(NPI)ccc(NC(=O)Cc2ccccc2)c1Cl. The number of carbonyl (C=O) groups excluding carboxylic acids is 1. The maximum atomic E-state index is 12.1. The van der Waals surface area contributed by atoms with Crippen LogP contribution in [0.25, 0.3) is 0 Å². The zero-order valence-electron chi connectivity index (χ0n) is 11.5. The molecule has 0 heterocycles. The molecule has 1 unspecified atom stereocenters. The van der Waals surface area contributed by atoms with E-state index in [0.29, 0.717) is 22.6 Å². The summed E-state index contributed by atoms with van der Waals surface area (Å²) >= 11 is 8.50. The molecule has 2 aromatic rings. The lowest BCUT2D eigenvalue weighted by Gasteiger charge is -2.13. The number of rotatable bonds is 6. The molecule has 0 aromatic heterocycles. The first kappa shape index (κ1) is 17.2. The van der Waals surface area contributed by atoms with E-state index >= 15 is 0 Å². The van der Waals surface area contributed by atoms with Gasteiger partial charge in [0.1, 0.15) is 0 Å². The molecule has 22 heavy (non-hydrogen) atoms. The first-order valence-corrected chi connectivity index (χ1v) is 10.9. The second kappa shape index (κ2) is 8.46. The van der Waals surface area contributed by atoms with Gasteiger partial charge in [-0.15, -0.1) is 0 Å². The zero-order chi connectivity index (χ0) is 15.9. The van der Waals surface area contributed by atoms with E-state index in [4.69, 9.17) is 17.0 Å².